The van der Waals surface area contributed by atoms with Crippen molar-refractivity contribution in [3.63, 3.8) is 0 Å². The van der Waals surface area contributed by atoms with Crippen molar-refractivity contribution < 1.29 is 69.1 Å². The minimum Gasteiger partial charge on any atom is -0.443 e. The Morgan fingerprint density at radius 2 is 1.00 bits per heavy atom. The number of carbonyl (C=O) groups is 1. The predicted octanol–water partition coefficient (Wildman–Crippen LogP) is 3.43. The fraction of sp³-hybridized carbons (Fsp3) is 0.938. The molecule has 22 heavy (non-hydrogen) atoms. The second-order valence-corrected chi connectivity index (χ2v) is 6.03. The van der Waals surface area contributed by atoms with Gasteiger partial charge in [0.2, 0.25) is 0 Å². The van der Waals surface area contributed by atoms with Crippen molar-refractivity contribution in [1.29, 1.82) is 0 Å². The number of rotatable bonds is 15. The third kappa shape index (κ3) is 17.5. The van der Waals surface area contributed by atoms with E-state index in [1.165, 1.54) is 57.8 Å². The summed E-state index contributed by atoms with van der Waals surface area (Å²) in [6.07, 6.45) is 14.5. The zero-order chi connectivity index (χ0) is 16.0. The largest absolute Gasteiger partial charge is 1.00 e. The van der Waals surface area contributed by atoms with Gasteiger partial charge >= 0.3 is 58.4 Å². The van der Waals surface area contributed by atoms with Crippen LogP contribution in [0.4, 0.5) is 12.9 Å². The van der Waals surface area contributed by atoms with Gasteiger partial charge in [-0.3, -0.25) is 0 Å². The Morgan fingerprint density at radius 1 is 0.682 bits per heavy atom. The number of halogens is 3. The third-order valence-corrected chi connectivity index (χ3v) is 3.89. The summed E-state index contributed by atoms with van der Waals surface area (Å²) in [5, 5.41) is 0. The van der Waals surface area contributed by atoms with Crippen molar-refractivity contribution in [2.45, 2.75) is 96.8 Å². The molecule has 0 aliphatic rings. The van der Waals surface area contributed by atoms with Crippen LogP contribution < -0.4 is 51.4 Å². The summed E-state index contributed by atoms with van der Waals surface area (Å²) in [5.74, 6) is 0. The maximum Gasteiger partial charge on any atom is 1.00 e. The third-order valence-electron chi connectivity index (χ3n) is 3.89. The zero-order valence-electron chi connectivity index (χ0n) is 14.5. The Kier molecular flexibility index (Phi) is 19.6. The molecule has 0 aliphatic carbocycles. The van der Waals surface area contributed by atoms with Crippen LogP contribution in [-0.4, -0.2) is 12.7 Å². The first-order valence-corrected chi connectivity index (χ1v) is 8.71. The number of hydrogen-bond acceptors (Lipinski definition) is 1. The quantitative estimate of drug-likeness (QED) is 0.328. The molecule has 0 aromatic rings. The number of carbonyl (C=O) groups excluding carboxylic acids is 1. The molecular formula is C16H31BF3KO. The molecule has 1 nitrogen and oxygen atoms in total. The Hall–Kier alpha value is 1.16. The summed E-state index contributed by atoms with van der Waals surface area (Å²) in [4.78, 5) is 10.7. The molecule has 0 radical (unpaired) electrons. The molecular weight excluding hydrogens is 315 g/mol. The van der Waals surface area contributed by atoms with Gasteiger partial charge in [0.05, 0.1) is 5.68 Å². The maximum absolute atomic E-state index is 12.0. The Bertz CT molecular complexity index is 260. The second-order valence-electron chi connectivity index (χ2n) is 6.03. The van der Waals surface area contributed by atoms with E-state index >= 15 is 0 Å². The van der Waals surface area contributed by atoms with Gasteiger partial charge in [-0.25, -0.2) is 0 Å². The van der Waals surface area contributed by atoms with Gasteiger partial charge in [-0.2, -0.15) is 0 Å². The molecule has 0 heterocycles. The molecule has 0 amide bonds. The molecule has 0 aromatic carbocycles. The van der Waals surface area contributed by atoms with Gasteiger partial charge in [0.1, 0.15) is 0 Å². The van der Waals surface area contributed by atoms with Crippen molar-refractivity contribution >= 4 is 12.7 Å². The van der Waals surface area contributed by atoms with Crippen molar-refractivity contribution in [2.75, 3.05) is 0 Å². The molecule has 0 aromatic heterocycles. The molecule has 126 valence electrons. The first-order chi connectivity index (χ1) is 9.98. The van der Waals surface area contributed by atoms with E-state index in [9.17, 15) is 17.7 Å². The van der Waals surface area contributed by atoms with E-state index in [4.69, 9.17) is 0 Å². The summed E-state index contributed by atoms with van der Waals surface area (Å²) in [5.41, 5.74) is -1.52. The van der Waals surface area contributed by atoms with Crippen molar-refractivity contribution in [2.24, 2.45) is 0 Å². The van der Waals surface area contributed by atoms with Gasteiger partial charge in [-0.05, 0) is 12.8 Å². The van der Waals surface area contributed by atoms with Crippen LogP contribution in [0.5, 0.6) is 0 Å². The molecule has 0 atom stereocenters. The van der Waals surface area contributed by atoms with Gasteiger partial charge in [0, 0.05) is 0 Å². The van der Waals surface area contributed by atoms with E-state index in [2.05, 4.69) is 6.92 Å². The molecule has 0 bridgehead atoms. The Morgan fingerprint density at radius 3 is 1.32 bits per heavy atom. The van der Waals surface area contributed by atoms with Gasteiger partial charge in [-0.15, -0.1) is 0 Å². The van der Waals surface area contributed by atoms with Gasteiger partial charge in [-0.1, -0.05) is 84.0 Å². The topological polar surface area (TPSA) is 17.1 Å². The molecule has 0 unspecified atom stereocenters. The summed E-state index contributed by atoms with van der Waals surface area (Å²) < 4.78 is 36.0. The van der Waals surface area contributed by atoms with E-state index in [1.807, 2.05) is 0 Å². The monoisotopic (exact) mass is 346 g/mol. The first kappa shape index (κ1) is 25.4. The molecule has 0 saturated heterocycles. The van der Waals surface area contributed by atoms with E-state index in [-0.39, 0.29) is 57.8 Å². The molecule has 0 rings (SSSR count). The zero-order valence-corrected chi connectivity index (χ0v) is 17.6. The molecule has 0 saturated carbocycles. The SMILES string of the molecule is CCCCCCCCCCCCCCCC(=O)[B-](F)(F)F.[K+]. The maximum atomic E-state index is 12.0. The van der Waals surface area contributed by atoms with Crippen LogP contribution in [0.2, 0.25) is 0 Å². The van der Waals surface area contributed by atoms with Crippen LogP contribution >= 0.6 is 0 Å². The summed E-state index contributed by atoms with van der Waals surface area (Å²) in [7, 11) is 0. The first-order valence-electron chi connectivity index (χ1n) is 8.71. The minimum atomic E-state index is -5.25. The molecule has 0 N–H and O–H groups in total. The fourth-order valence-corrected chi connectivity index (χ4v) is 2.48. The van der Waals surface area contributed by atoms with Crippen LogP contribution in [0, 0.1) is 0 Å². The van der Waals surface area contributed by atoms with E-state index < -0.39 is 12.7 Å². The van der Waals surface area contributed by atoms with Crippen molar-refractivity contribution in [1.82, 2.24) is 0 Å². The second kappa shape index (κ2) is 17.0. The van der Waals surface area contributed by atoms with Crippen LogP contribution in [0.3, 0.4) is 0 Å². The van der Waals surface area contributed by atoms with Gasteiger partial charge < -0.3 is 17.7 Å². The fourth-order valence-electron chi connectivity index (χ4n) is 2.48. The van der Waals surface area contributed by atoms with Crippen molar-refractivity contribution in [3.05, 3.63) is 0 Å². The smallest absolute Gasteiger partial charge is 0.443 e. The minimum absolute atomic E-state index is 0. The van der Waals surface area contributed by atoms with Gasteiger partial charge in [0.15, 0.2) is 0 Å². The number of unbranched alkanes of at least 4 members (excludes halogenated alkanes) is 12. The molecule has 0 spiro atoms. The van der Waals surface area contributed by atoms with Crippen LogP contribution in [0.1, 0.15) is 96.8 Å². The van der Waals surface area contributed by atoms with E-state index in [0.29, 0.717) is 6.42 Å². The summed E-state index contributed by atoms with van der Waals surface area (Å²) >= 11 is 0. The standard InChI is InChI=1S/C16H31BF3O.K/c1-2-3-4-5-6-7-8-9-10-11-12-13-14-15-16(21)17(18,19)20;/h2-15H2,1H3;/q-1;+1. The average Bonchev–Trinajstić information content (AvgIpc) is 2.42. The van der Waals surface area contributed by atoms with Crippen LogP contribution in [-0.2, 0) is 4.79 Å². The van der Waals surface area contributed by atoms with Gasteiger partial charge in [0.25, 0.3) is 0 Å². The Labute approximate surface area is 177 Å². The normalized spacial score (nSPS) is 11.3. The van der Waals surface area contributed by atoms with E-state index in [0.717, 1.165) is 19.3 Å². The predicted molar refractivity (Wildman–Crippen MR) is 84.4 cm³/mol. The molecule has 0 aliphatic heterocycles. The molecule has 0 fully saturated rings. The van der Waals surface area contributed by atoms with Crippen LogP contribution in [0.15, 0.2) is 0 Å². The Balaban J connectivity index is 0. The summed E-state index contributed by atoms with van der Waals surface area (Å²) in [6.45, 7) is -3.03. The van der Waals surface area contributed by atoms with Crippen molar-refractivity contribution in [3.8, 4) is 0 Å². The van der Waals surface area contributed by atoms with Crippen LogP contribution in [0.25, 0.3) is 0 Å². The molecule has 6 heteroatoms. The number of hydrogen-bond donors (Lipinski definition) is 0. The average molecular weight is 346 g/mol. The summed E-state index contributed by atoms with van der Waals surface area (Å²) in [6, 6.07) is 0. The van der Waals surface area contributed by atoms with E-state index in [1.54, 1.807) is 0 Å².